The zero-order valence-corrected chi connectivity index (χ0v) is 10.5. The number of carbonyl (C=O) groups is 1. The molecule has 0 N–H and O–H groups in total. The predicted molar refractivity (Wildman–Crippen MR) is 64.6 cm³/mol. The normalized spacial score (nSPS) is 30.3. The Morgan fingerprint density at radius 2 is 2.13 bits per heavy atom. The van der Waals surface area contributed by atoms with Crippen molar-refractivity contribution >= 4 is 5.78 Å². The molecule has 84 valence electrons. The molecule has 0 bridgehead atoms. The van der Waals surface area contributed by atoms with Crippen LogP contribution >= 0.6 is 0 Å². The van der Waals surface area contributed by atoms with E-state index in [1.54, 1.807) is 13.0 Å². The minimum atomic E-state index is 0.136. The lowest BCUT2D eigenvalue weighted by molar-refractivity contribution is -0.112. The van der Waals surface area contributed by atoms with Gasteiger partial charge in [0.1, 0.15) is 0 Å². The molecule has 0 aliphatic heterocycles. The SMILES string of the molecule is CC(=O)C=CC1C(C)=CCC(C)C1(C)C. The van der Waals surface area contributed by atoms with Gasteiger partial charge in [0.15, 0.2) is 5.78 Å². The average molecular weight is 206 g/mol. The number of rotatable bonds is 2. The maximum Gasteiger partial charge on any atom is 0.152 e. The minimum Gasteiger partial charge on any atom is -0.295 e. The van der Waals surface area contributed by atoms with Crippen molar-refractivity contribution in [3.63, 3.8) is 0 Å². The Bertz CT molecular complexity index is 307. The molecule has 0 spiro atoms. The first-order valence-electron chi connectivity index (χ1n) is 5.71. The van der Waals surface area contributed by atoms with Crippen LogP contribution in [0.4, 0.5) is 0 Å². The van der Waals surface area contributed by atoms with E-state index in [9.17, 15) is 4.79 Å². The zero-order valence-electron chi connectivity index (χ0n) is 10.5. The smallest absolute Gasteiger partial charge is 0.152 e. The molecule has 0 saturated heterocycles. The van der Waals surface area contributed by atoms with Crippen LogP contribution in [0, 0.1) is 17.3 Å². The van der Waals surface area contributed by atoms with Crippen molar-refractivity contribution in [3.8, 4) is 0 Å². The van der Waals surface area contributed by atoms with Crippen LogP contribution in [0.3, 0.4) is 0 Å². The Morgan fingerprint density at radius 1 is 1.53 bits per heavy atom. The lowest BCUT2D eigenvalue weighted by Gasteiger charge is -2.42. The molecule has 0 aromatic rings. The van der Waals surface area contributed by atoms with Gasteiger partial charge in [0, 0.05) is 5.92 Å². The highest BCUT2D eigenvalue weighted by molar-refractivity contribution is 5.87. The highest BCUT2D eigenvalue weighted by Gasteiger charge is 2.36. The van der Waals surface area contributed by atoms with Crippen LogP contribution in [-0.4, -0.2) is 5.78 Å². The van der Waals surface area contributed by atoms with Crippen molar-refractivity contribution in [3.05, 3.63) is 23.8 Å². The molecule has 2 unspecified atom stereocenters. The van der Waals surface area contributed by atoms with Gasteiger partial charge >= 0.3 is 0 Å². The molecule has 15 heavy (non-hydrogen) atoms. The summed E-state index contributed by atoms with van der Waals surface area (Å²) in [5, 5.41) is 0. The summed E-state index contributed by atoms with van der Waals surface area (Å²) in [5.41, 5.74) is 1.65. The Morgan fingerprint density at radius 3 is 2.67 bits per heavy atom. The Labute approximate surface area is 93.3 Å². The Kier molecular flexibility index (Phi) is 3.54. The fourth-order valence-corrected chi connectivity index (χ4v) is 2.32. The highest BCUT2D eigenvalue weighted by atomic mass is 16.1. The van der Waals surface area contributed by atoms with Gasteiger partial charge in [-0.05, 0) is 37.7 Å². The first kappa shape index (κ1) is 12.2. The van der Waals surface area contributed by atoms with E-state index in [0.717, 1.165) is 6.42 Å². The van der Waals surface area contributed by atoms with Crippen LogP contribution in [0.25, 0.3) is 0 Å². The molecule has 1 aliphatic rings. The molecule has 1 aliphatic carbocycles. The summed E-state index contributed by atoms with van der Waals surface area (Å²) >= 11 is 0. The molecule has 1 nitrogen and oxygen atoms in total. The number of hydrogen-bond donors (Lipinski definition) is 0. The summed E-state index contributed by atoms with van der Waals surface area (Å²) in [6.45, 7) is 10.7. The van der Waals surface area contributed by atoms with Crippen LogP contribution < -0.4 is 0 Å². The molecule has 0 aromatic carbocycles. The van der Waals surface area contributed by atoms with Crippen molar-refractivity contribution in [1.29, 1.82) is 0 Å². The van der Waals surface area contributed by atoms with Gasteiger partial charge in [0.25, 0.3) is 0 Å². The first-order chi connectivity index (χ1) is 6.85. The monoisotopic (exact) mass is 206 g/mol. The van der Waals surface area contributed by atoms with Gasteiger partial charge in [0.2, 0.25) is 0 Å². The summed E-state index contributed by atoms with van der Waals surface area (Å²) < 4.78 is 0. The van der Waals surface area contributed by atoms with Gasteiger partial charge in [-0.15, -0.1) is 0 Å². The maximum atomic E-state index is 11.0. The molecule has 0 aromatic heterocycles. The van der Waals surface area contributed by atoms with Crippen molar-refractivity contribution < 1.29 is 4.79 Å². The number of ketones is 1. The van der Waals surface area contributed by atoms with Crippen molar-refractivity contribution in [2.45, 2.75) is 41.0 Å². The second-order valence-electron chi connectivity index (χ2n) is 5.35. The van der Waals surface area contributed by atoms with E-state index in [4.69, 9.17) is 0 Å². The summed E-state index contributed by atoms with van der Waals surface area (Å²) in [4.78, 5) is 11.0. The third-order valence-corrected chi connectivity index (χ3v) is 3.88. The van der Waals surface area contributed by atoms with E-state index < -0.39 is 0 Å². The van der Waals surface area contributed by atoms with Gasteiger partial charge < -0.3 is 0 Å². The fourth-order valence-electron chi connectivity index (χ4n) is 2.32. The molecular weight excluding hydrogens is 184 g/mol. The van der Waals surface area contributed by atoms with E-state index in [0.29, 0.717) is 11.8 Å². The molecule has 0 radical (unpaired) electrons. The molecule has 0 saturated carbocycles. The second kappa shape index (κ2) is 4.34. The number of hydrogen-bond acceptors (Lipinski definition) is 1. The lowest BCUT2D eigenvalue weighted by atomic mass is 9.63. The van der Waals surface area contributed by atoms with Crippen molar-refractivity contribution in [2.24, 2.45) is 17.3 Å². The molecule has 0 fully saturated rings. The van der Waals surface area contributed by atoms with Crippen LogP contribution in [0.15, 0.2) is 23.8 Å². The average Bonchev–Trinajstić information content (AvgIpc) is 2.11. The third kappa shape index (κ3) is 2.58. The predicted octanol–water partition coefficient (Wildman–Crippen LogP) is 3.76. The molecular formula is C14H22O. The quantitative estimate of drug-likeness (QED) is 0.496. The largest absolute Gasteiger partial charge is 0.295 e. The van der Waals surface area contributed by atoms with E-state index in [1.807, 2.05) is 0 Å². The summed E-state index contributed by atoms with van der Waals surface area (Å²) in [6.07, 6.45) is 7.25. The first-order valence-corrected chi connectivity index (χ1v) is 5.71. The maximum absolute atomic E-state index is 11.0. The van der Waals surface area contributed by atoms with Crippen LogP contribution in [0.2, 0.25) is 0 Å². The third-order valence-electron chi connectivity index (χ3n) is 3.88. The van der Waals surface area contributed by atoms with E-state index >= 15 is 0 Å². The van der Waals surface area contributed by atoms with Gasteiger partial charge in [-0.1, -0.05) is 38.5 Å². The fraction of sp³-hybridized carbons (Fsp3) is 0.643. The number of carbonyl (C=O) groups excluding carboxylic acids is 1. The van der Waals surface area contributed by atoms with E-state index in [2.05, 4.69) is 39.8 Å². The van der Waals surface area contributed by atoms with E-state index in [-0.39, 0.29) is 11.2 Å². The molecule has 0 heterocycles. The van der Waals surface area contributed by atoms with Gasteiger partial charge in [0.05, 0.1) is 0 Å². The Balaban J connectivity index is 2.96. The van der Waals surface area contributed by atoms with Crippen LogP contribution in [-0.2, 0) is 4.79 Å². The van der Waals surface area contributed by atoms with Crippen molar-refractivity contribution in [1.82, 2.24) is 0 Å². The topological polar surface area (TPSA) is 17.1 Å². The standard InChI is InChI=1S/C14H22O/c1-10-6-7-11(2)14(4,5)13(10)9-8-12(3)15/h6,8-9,11,13H,7H2,1-5H3. The van der Waals surface area contributed by atoms with Crippen molar-refractivity contribution in [2.75, 3.05) is 0 Å². The van der Waals surface area contributed by atoms with Gasteiger partial charge in [-0.25, -0.2) is 0 Å². The molecule has 1 heteroatoms. The van der Waals surface area contributed by atoms with Gasteiger partial charge in [-0.2, -0.15) is 0 Å². The van der Waals surface area contributed by atoms with Gasteiger partial charge in [-0.3, -0.25) is 4.79 Å². The highest BCUT2D eigenvalue weighted by Crippen LogP contribution is 2.45. The number of allylic oxidation sites excluding steroid dienone is 4. The summed E-state index contributed by atoms with van der Waals surface area (Å²) in [5.74, 6) is 1.21. The minimum absolute atomic E-state index is 0.136. The lowest BCUT2D eigenvalue weighted by Crippen LogP contribution is -2.33. The van der Waals surface area contributed by atoms with E-state index in [1.165, 1.54) is 5.57 Å². The zero-order chi connectivity index (χ0) is 11.6. The molecule has 1 rings (SSSR count). The molecule has 0 amide bonds. The summed E-state index contributed by atoms with van der Waals surface area (Å²) in [6, 6.07) is 0. The Hall–Kier alpha value is -0.850. The summed E-state index contributed by atoms with van der Waals surface area (Å²) in [7, 11) is 0. The van der Waals surface area contributed by atoms with Crippen LogP contribution in [0.5, 0.6) is 0 Å². The van der Waals surface area contributed by atoms with Crippen LogP contribution in [0.1, 0.15) is 41.0 Å². The molecule has 2 atom stereocenters. The second-order valence-corrected chi connectivity index (χ2v) is 5.35.